The first-order chi connectivity index (χ1) is 7.88. The Morgan fingerprint density at radius 2 is 2.25 bits per heavy atom. The number of nitrogens with one attached hydrogen (secondary N) is 1. The minimum atomic E-state index is 0.581. The standard InChI is InChI=1S/C12H19N3O/c1-2-5-13-12-7-14-11(6-15-12)9-16-8-10-3-4-10/h6-7,10H,2-5,8-9H2,1H3,(H,13,15). The fourth-order valence-corrected chi connectivity index (χ4v) is 1.39. The molecule has 1 N–H and O–H groups in total. The molecular formula is C12H19N3O. The van der Waals surface area contributed by atoms with Crippen LogP contribution in [0.25, 0.3) is 0 Å². The van der Waals surface area contributed by atoms with Crippen molar-refractivity contribution in [2.24, 2.45) is 5.92 Å². The third-order valence-electron chi connectivity index (χ3n) is 2.56. The Bertz CT molecular complexity index is 309. The molecule has 1 saturated carbocycles. The summed E-state index contributed by atoms with van der Waals surface area (Å²) in [5.41, 5.74) is 0.905. The van der Waals surface area contributed by atoms with Crippen LogP contribution in [0.2, 0.25) is 0 Å². The highest BCUT2D eigenvalue weighted by Crippen LogP contribution is 2.28. The summed E-state index contributed by atoms with van der Waals surface area (Å²) in [6.07, 6.45) is 7.29. The van der Waals surface area contributed by atoms with Crippen molar-refractivity contribution in [1.29, 1.82) is 0 Å². The Morgan fingerprint density at radius 3 is 2.88 bits per heavy atom. The van der Waals surface area contributed by atoms with Crippen LogP contribution in [0.5, 0.6) is 0 Å². The van der Waals surface area contributed by atoms with E-state index in [-0.39, 0.29) is 0 Å². The fourth-order valence-electron chi connectivity index (χ4n) is 1.39. The van der Waals surface area contributed by atoms with Crippen molar-refractivity contribution in [2.75, 3.05) is 18.5 Å². The van der Waals surface area contributed by atoms with Crippen molar-refractivity contribution < 1.29 is 4.74 Å². The van der Waals surface area contributed by atoms with Crippen molar-refractivity contribution in [3.8, 4) is 0 Å². The van der Waals surface area contributed by atoms with E-state index in [1.54, 1.807) is 12.4 Å². The Hall–Kier alpha value is -1.16. The van der Waals surface area contributed by atoms with Gasteiger partial charge in [0.1, 0.15) is 5.82 Å². The Morgan fingerprint density at radius 1 is 1.38 bits per heavy atom. The Labute approximate surface area is 96.4 Å². The SMILES string of the molecule is CCCNc1cnc(COCC2CC2)cn1. The van der Waals surface area contributed by atoms with Crippen LogP contribution in [-0.2, 0) is 11.3 Å². The maximum atomic E-state index is 5.54. The van der Waals surface area contributed by atoms with Crippen molar-refractivity contribution in [1.82, 2.24) is 9.97 Å². The first-order valence-electron chi connectivity index (χ1n) is 6.01. The largest absolute Gasteiger partial charge is 0.375 e. The fraction of sp³-hybridized carbons (Fsp3) is 0.667. The lowest BCUT2D eigenvalue weighted by Crippen LogP contribution is -2.04. The van der Waals surface area contributed by atoms with Crippen LogP contribution in [0, 0.1) is 5.92 Å². The molecule has 0 atom stereocenters. The molecule has 0 saturated heterocycles. The molecule has 1 fully saturated rings. The summed E-state index contributed by atoms with van der Waals surface area (Å²) in [6.45, 7) is 4.52. The number of rotatable bonds is 7. The smallest absolute Gasteiger partial charge is 0.144 e. The van der Waals surface area contributed by atoms with Gasteiger partial charge in [0, 0.05) is 13.2 Å². The second-order valence-corrected chi connectivity index (χ2v) is 4.28. The van der Waals surface area contributed by atoms with Crippen LogP contribution < -0.4 is 5.32 Å². The van der Waals surface area contributed by atoms with Gasteiger partial charge in [0.25, 0.3) is 0 Å². The summed E-state index contributed by atoms with van der Waals surface area (Å²) in [5.74, 6) is 1.64. The lowest BCUT2D eigenvalue weighted by atomic mass is 10.4. The maximum absolute atomic E-state index is 5.54. The summed E-state index contributed by atoms with van der Waals surface area (Å²) < 4.78 is 5.54. The summed E-state index contributed by atoms with van der Waals surface area (Å²) >= 11 is 0. The van der Waals surface area contributed by atoms with Crippen molar-refractivity contribution >= 4 is 5.82 Å². The number of hydrogen-bond donors (Lipinski definition) is 1. The van der Waals surface area contributed by atoms with E-state index < -0.39 is 0 Å². The second kappa shape index (κ2) is 5.80. The monoisotopic (exact) mass is 221 g/mol. The Balaban J connectivity index is 1.72. The normalized spacial score (nSPS) is 15.1. The molecule has 2 rings (SSSR count). The molecule has 4 nitrogen and oxygen atoms in total. The average molecular weight is 221 g/mol. The van der Waals surface area contributed by atoms with Gasteiger partial charge in [-0.1, -0.05) is 6.92 Å². The molecule has 1 aliphatic carbocycles. The van der Waals surface area contributed by atoms with Gasteiger partial charge in [-0.25, -0.2) is 4.98 Å². The molecule has 0 aliphatic heterocycles. The summed E-state index contributed by atoms with van der Waals surface area (Å²) in [6, 6.07) is 0. The highest BCUT2D eigenvalue weighted by atomic mass is 16.5. The second-order valence-electron chi connectivity index (χ2n) is 4.28. The molecule has 0 radical (unpaired) electrons. The molecular weight excluding hydrogens is 202 g/mol. The van der Waals surface area contributed by atoms with Crippen LogP contribution in [0.3, 0.4) is 0 Å². The number of nitrogens with zero attached hydrogens (tertiary/aromatic N) is 2. The zero-order valence-electron chi connectivity index (χ0n) is 9.78. The van der Waals surface area contributed by atoms with Gasteiger partial charge in [-0.2, -0.15) is 0 Å². The lowest BCUT2D eigenvalue weighted by molar-refractivity contribution is 0.108. The van der Waals surface area contributed by atoms with E-state index >= 15 is 0 Å². The van der Waals surface area contributed by atoms with Gasteiger partial charge in [0.05, 0.1) is 24.7 Å². The minimum Gasteiger partial charge on any atom is -0.375 e. The molecule has 1 heterocycles. The first-order valence-corrected chi connectivity index (χ1v) is 6.01. The molecule has 1 aliphatic rings. The van der Waals surface area contributed by atoms with E-state index in [9.17, 15) is 0 Å². The van der Waals surface area contributed by atoms with Crippen LogP contribution in [-0.4, -0.2) is 23.1 Å². The first kappa shape index (κ1) is 11.3. The summed E-state index contributed by atoms with van der Waals surface area (Å²) in [7, 11) is 0. The molecule has 16 heavy (non-hydrogen) atoms. The third-order valence-corrected chi connectivity index (χ3v) is 2.56. The highest BCUT2D eigenvalue weighted by Gasteiger charge is 2.21. The zero-order chi connectivity index (χ0) is 11.2. The van der Waals surface area contributed by atoms with Gasteiger partial charge < -0.3 is 10.1 Å². The van der Waals surface area contributed by atoms with Gasteiger partial charge in [0.15, 0.2) is 0 Å². The average Bonchev–Trinajstić information content (AvgIpc) is 3.12. The topological polar surface area (TPSA) is 47.0 Å². The predicted octanol–water partition coefficient (Wildman–Crippen LogP) is 2.23. The molecule has 1 aromatic rings. The van der Waals surface area contributed by atoms with Gasteiger partial charge in [-0.3, -0.25) is 4.98 Å². The quantitative estimate of drug-likeness (QED) is 0.767. The van der Waals surface area contributed by atoms with E-state index in [2.05, 4.69) is 22.2 Å². The number of aromatic nitrogens is 2. The molecule has 0 unspecified atom stereocenters. The molecule has 0 bridgehead atoms. The van der Waals surface area contributed by atoms with E-state index in [0.717, 1.165) is 37.0 Å². The summed E-state index contributed by atoms with van der Waals surface area (Å²) in [5, 5.41) is 3.19. The number of hydrogen-bond acceptors (Lipinski definition) is 4. The molecule has 0 spiro atoms. The molecule has 0 amide bonds. The van der Waals surface area contributed by atoms with E-state index in [1.807, 2.05) is 0 Å². The number of anilines is 1. The van der Waals surface area contributed by atoms with E-state index in [1.165, 1.54) is 12.8 Å². The van der Waals surface area contributed by atoms with Crippen LogP contribution in [0.4, 0.5) is 5.82 Å². The molecule has 88 valence electrons. The van der Waals surface area contributed by atoms with Crippen LogP contribution >= 0.6 is 0 Å². The van der Waals surface area contributed by atoms with Crippen molar-refractivity contribution in [3.63, 3.8) is 0 Å². The predicted molar refractivity (Wildman–Crippen MR) is 63.2 cm³/mol. The zero-order valence-corrected chi connectivity index (χ0v) is 9.78. The van der Waals surface area contributed by atoms with E-state index in [0.29, 0.717) is 6.61 Å². The molecule has 4 heteroatoms. The lowest BCUT2D eigenvalue weighted by Gasteiger charge is -2.05. The van der Waals surface area contributed by atoms with E-state index in [4.69, 9.17) is 4.74 Å². The van der Waals surface area contributed by atoms with Crippen molar-refractivity contribution in [2.45, 2.75) is 32.8 Å². The third kappa shape index (κ3) is 3.77. The maximum Gasteiger partial charge on any atom is 0.144 e. The van der Waals surface area contributed by atoms with Crippen LogP contribution in [0.1, 0.15) is 31.9 Å². The summed E-state index contributed by atoms with van der Waals surface area (Å²) in [4.78, 5) is 8.57. The van der Waals surface area contributed by atoms with Gasteiger partial charge in [-0.15, -0.1) is 0 Å². The van der Waals surface area contributed by atoms with Crippen LogP contribution in [0.15, 0.2) is 12.4 Å². The molecule has 0 aromatic carbocycles. The van der Waals surface area contributed by atoms with Gasteiger partial charge >= 0.3 is 0 Å². The highest BCUT2D eigenvalue weighted by molar-refractivity contribution is 5.30. The Kier molecular flexibility index (Phi) is 4.10. The van der Waals surface area contributed by atoms with Gasteiger partial charge in [-0.05, 0) is 25.2 Å². The molecule has 1 aromatic heterocycles. The van der Waals surface area contributed by atoms with Gasteiger partial charge in [0.2, 0.25) is 0 Å². The van der Waals surface area contributed by atoms with Crippen molar-refractivity contribution in [3.05, 3.63) is 18.1 Å². The number of ether oxygens (including phenoxy) is 1. The minimum absolute atomic E-state index is 0.581.